The van der Waals surface area contributed by atoms with Gasteiger partial charge in [0.15, 0.2) is 6.29 Å². The lowest BCUT2D eigenvalue weighted by Crippen LogP contribution is -2.30. The Balaban J connectivity index is 1.45. The van der Waals surface area contributed by atoms with Gasteiger partial charge in [0.25, 0.3) is 0 Å². The Bertz CT molecular complexity index is 633. The Morgan fingerprint density at radius 2 is 1.62 bits per heavy atom. The van der Waals surface area contributed by atoms with Crippen molar-refractivity contribution in [2.75, 3.05) is 13.2 Å². The van der Waals surface area contributed by atoms with Gasteiger partial charge in [0.1, 0.15) is 0 Å². The molecular weight excluding hydrogens is 304 g/mol. The van der Waals surface area contributed by atoms with Crippen LogP contribution in [0.2, 0.25) is 0 Å². The lowest BCUT2D eigenvalue weighted by molar-refractivity contribution is -0.208. The van der Waals surface area contributed by atoms with E-state index in [1.807, 2.05) is 55.5 Å². The summed E-state index contributed by atoms with van der Waals surface area (Å²) in [5.74, 6) is -0.0635. The molecule has 1 aliphatic heterocycles. The van der Waals surface area contributed by atoms with Crippen LogP contribution in [0.15, 0.2) is 60.7 Å². The molecule has 4 nitrogen and oxygen atoms in total. The van der Waals surface area contributed by atoms with Gasteiger partial charge < -0.3 is 14.2 Å². The molecule has 0 N–H and O–H groups in total. The van der Waals surface area contributed by atoms with Crippen LogP contribution < -0.4 is 0 Å². The van der Waals surface area contributed by atoms with Crippen LogP contribution in [-0.2, 0) is 14.2 Å². The van der Waals surface area contributed by atoms with Gasteiger partial charge in [0.05, 0.1) is 24.9 Å². The molecule has 24 heavy (non-hydrogen) atoms. The second kappa shape index (κ2) is 8.08. The maximum Gasteiger partial charge on any atom is 0.338 e. The molecule has 2 aromatic carbocycles. The Kier molecular flexibility index (Phi) is 5.62. The Hall–Kier alpha value is -2.17. The molecule has 1 fully saturated rings. The fraction of sp³-hybridized carbons (Fsp3) is 0.350. The summed E-state index contributed by atoms with van der Waals surface area (Å²) in [7, 11) is 0. The molecule has 0 aliphatic carbocycles. The topological polar surface area (TPSA) is 44.8 Å². The minimum Gasteiger partial charge on any atom is -0.459 e. The Labute approximate surface area is 142 Å². The summed E-state index contributed by atoms with van der Waals surface area (Å²) in [4.78, 5) is 12.0. The fourth-order valence-electron chi connectivity index (χ4n) is 2.82. The highest BCUT2D eigenvalue weighted by atomic mass is 16.7. The van der Waals surface area contributed by atoms with Gasteiger partial charge in [-0.25, -0.2) is 4.79 Å². The van der Waals surface area contributed by atoms with Gasteiger partial charge in [0.2, 0.25) is 0 Å². The fourth-order valence-corrected chi connectivity index (χ4v) is 2.82. The van der Waals surface area contributed by atoms with Crippen LogP contribution in [0.1, 0.15) is 35.6 Å². The van der Waals surface area contributed by atoms with Gasteiger partial charge in [-0.3, -0.25) is 0 Å². The summed E-state index contributed by atoms with van der Waals surface area (Å²) in [5.41, 5.74) is 1.60. The van der Waals surface area contributed by atoms with Crippen LogP contribution in [0.3, 0.4) is 0 Å². The lowest BCUT2D eigenvalue weighted by Gasteiger charge is -2.30. The zero-order valence-corrected chi connectivity index (χ0v) is 13.8. The number of hydrogen-bond acceptors (Lipinski definition) is 4. The van der Waals surface area contributed by atoms with E-state index in [1.54, 1.807) is 12.1 Å². The third kappa shape index (κ3) is 4.43. The van der Waals surface area contributed by atoms with Gasteiger partial charge in [-0.1, -0.05) is 48.5 Å². The third-order valence-corrected chi connectivity index (χ3v) is 4.02. The summed E-state index contributed by atoms with van der Waals surface area (Å²) in [5, 5.41) is 0. The zero-order chi connectivity index (χ0) is 16.8. The number of ether oxygens (including phenoxy) is 3. The molecule has 1 atom stereocenters. The second-order valence-electron chi connectivity index (χ2n) is 6.09. The minimum absolute atomic E-state index is 0.178. The van der Waals surface area contributed by atoms with Gasteiger partial charge in [-0.05, 0) is 25.5 Å². The second-order valence-corrected chi connectivity index (χ2v) is 6.09. The van der Waals surface area contributed by atoms with Crippen molar-refractivity contribution in [1.29, 1.82) is 0 Å². The summed E-state index contributed by atoms with van der Waals surface area (Å²) in [6.07, 6.45) is 0.243. The van der Waals surface area contributed by atoms with Crippen molar-refractivity contribution in [2.24, 2.45) is 5.92 Å². The third-order valence-electron chi connectivity index (χ3n) is 4.02. The molecule has 0 radical (unpaired) electrons. The molecule has 126 valence electrons. The number of rotatable bonds is 5. The predicted octanol–water partition coefficient (Wildman–Crippen LogP) is 3.98. The number of carbonyl (C=O) groups is 1. The number of benzene rings is 2. The van der Waals surface area contributed by atoms with Crippen LogP contribution in [0.4, 0.5) is 0 Å². The molecule has 1 heterocycles. The molecule has 0 bridgehead atoms. The molecule has 4 heteroatoms. The quantitative estimate of drug-likeness (QED) is 0.780. The van der Waals surface area contributed by atoms with Crippen molar-refractivity contribution < 1.29 is 19.0 Å². The largest absolute Gasteiger partial charge is 0.459 e. The predicted molar refractivity (Wildman–Crippen MR) is 90.5 cm³/mol. The molecule has 0 aromatic heterocycles. The van der Waals surface area contributed by atoms with Crippen LogP contribution in [0, 0.1) is 5.92 Å². The van der Waals surface area contributed by atoms with Gasteiger partial charge >= 0.3 is 5.97 Å². The summed E-state index contributed by atoms with van der Waals surface area (Å²) < 4.78 is 17.1. The minimum atomic E-state index is -0.301. The maximum atomic E-state index is 12.0. The van der Waals surface area contributed by atoms with E-state index in [9.17, 15) is 4.79 Å². The van der Waals surface area contributed by atoms with E-state index in [4.69, 9.17) is 14.2 Å². The molecule has 1 saturated heterocycles. The van der Waals surface area contributed by atoms with Gasteiger partial charge in [0, 0.05) is 11.5 Å². The highest BCUT2D eigenvalue weighted by molar-refractivity contribution is 5.89. The van der Waals surface area contributed by atoms with Crippen molar-refractivity contribution in [2.45, 2.75) is 25.7 Å². The van der Waals surface area contributed by atoms with Gasteiger partial charge in [-0.15, -0.1) is 0 Å². The van der Waals surface area contributed by atoms with Crippen molar-refractivity contribution in [3.63, 3.8) is 0 Å². The number of hydrogen-bond donors (Lipinski definition) is 0. The SMILES string of the molecule is CC(CC1COC(c2ccccc2)OC1)OC(=O)c1ccccc1. The number of esters is 1. The molecule has 0 amide bonds. The zero-order valence-electron chi connectivity index (χ0n) is 13.8. The van der Waals surface area contributed by atoms with E-state index in [2.05, 4.69) is 0 Å². The van der Waals surface area contributed by atoms with E-state index < -0.39 is 0 Å². The normalized spacial score (nSPS) is 21.9. The van der Waals surface area contributed by atoms with Crippen molar-refractivity contribution in [3.8, 4) is 0 Å². The van der Waals surface area contributed by atoms with Crippen molar-refractivity contribution in [3.05, 3.63) is 71.8 Å². The van der Waals surface area contributed by atoms with E-state index in [-0.39, 0.29) is 24.3 Å². The first-order valence-corrected chi connectivity index (χ1v) is 8.26. The summed E-state index contributed by atoms with van der Waals surface area (Å²) in [6.45, 7) is 3.11. The monoisotopic (exact) mass is 326 g/mol. The molecule has 1 aliphatic rings. The van der Waals surface area contributed by atoms with Gasteiger partial charge in [-0.2, -0.15) is 0 Å². The van der Waals surface area contributed by atoms with Crippen LogP contribution in [0.5, 0.6) is 0 Å². The first-order chi connectivity index (χ1) is 11.7. The summed E-state index contributed by atoms with van der Waals surface area (Å²) >= 11 is 0. The Morgan fingerprint density at radius 1 is 1.04 bits per heavy atom. The first-order valence-electron chi connectivity index (χ1n) is 8.26. The van der Waals surface area contributed by atoms with Crippen molar-refractivity contribution >= 4 is 5.97 Å². The average molecular weight is 326 g/mol. The van der Waals surface area contributed by atoms with Crippen LogP contribution in [0.25, 0.3) is 0 Å². The van der Waals surface area contributed by atoms with Crippen molar-refractivity contribution in [1.82, 2.24) is 0 Å². The Morgan fingerprint density at radius 3 is 2.25 bits per heavy atom. The molecule has 2 aromatic rings. The average Bonchev–Trinajstić information content (AvgIpc) is 2.64. The highest BCUT2D eigenvalue weighted by Crippen LogP contribution is 2.27. The lowest BCUT2D eigenvalue weighted by atomic mass is 10.0. The standard InChI is InChI=1S/C20H22O4/c1-15(24-19(21)17-8-4-2-5-9-17)12-16-13-22-20(23-14-16)18-10-6-3-7-11-18/h2-11,15-16,20H,12-14H2,1H3. The molecular formula is C20H22O4. The molecule has 0 spiro atoms. The van der Waals surface area contributed by atoms with Crippen LogP contribution >= 0.6 is 0 Å². The van der Waals surface area contributed by atoms with E-state index in [1.165, 1.54) is 0 Å². The first kappa shape index (κ1) is 16.7. The van der Waals surface area contributed by atoms with Crippen LogP contribution in [-0.4, -0.2) is 25.3 Å². The molecule has 0 saturated carbocycles. The van der Waals surface area contributed by atoms with E-state index in [0.29, 0.717) is 18.8 Å². The maximum absolute atomic E-state index is 12.0. The summed E-state index contributed by atoms with van der Waals surface area (Å²) in [6, 6.07) is 18.9. The number of carbonyl (C=O) groups excluding carboxylic acids is 1. The van der Waals surface area contributed by atoms with E-state index >= 15 is 0 Å². The molecule has 1 unspecified atom stereocenters. The van der Waals surface area contributed by atoms with E-state index in [0.717, 1.165) is 12.0 Å². The molecule has 3 rings (SSSR count). The smallest absolute Gasteiger partial charge is 0.338 e. The highest BCUT2D eigenvalue weighted by Gasteiger charge is 2.25.